The highest BCUT2D eigenvalue weighted by Crippen LogP contribution is 2.28. The minimum Gasteiger partial charge on any atom is -0.361 e. The first-order valence-corrected chi connectivity index (χ1v) is 6.34. The molecule has 2 N–H and O–H groups in total. The maximum absolute atomic E-state index is 12.1. The minimum absolute atomic E-state index is 0.105. The van der Waals surface area contributed by atoms with Gasteiger partial charge in [-0.1, -0.05) is 12.1 Å². The zero-order chi connectivity index (χ0) is 14.3. The molecular formula is C15H14N4O. The topological polar surface area (TPSA) is 69.8 Å². The van der Waals surface area contributed by atoms with Crippen LogP contribution in [-0.2, 0) is 7.05 Å². The lowest BCUT2D eigenvalue weighted by Crippen LogP contribution is -2.38. The summed E-state index contributed by atoms with van der Waals surface area (Å²) in [6, 6.07) is 11.3. The van der Waals surface area contributed by atoms with Crippen molar-refractivity contribution in [3.63, 3.8) is 0 Å². The molecule has 1 atom stereocenters. The zero-order valence-corrected chi connectivity index (χ0v) is 11.3. The summed E-state index contributed by atoms with van der Waals surface area (Å²) < 4.78 is 1.82. The van der Waals surface area contributed by atoms with Crippen LogP contribution < -0.4 is 10.6 Å². The fourth-order valence-electron chi connectivity index (χ4n) is 2.49. The SMILES string of the molecule is Cc1c(C2NC(=O)c3ccccc3N2)cc(C#N)n1C. The standard InChI is InChI=1S/C15H14N4O/c1-9-12(7-10(8-16)19(9)2)14-17-13-6-4-3-5-11(13)15(20)18-14/h3-7,14,17H,1-2H3,(H,18,20). The highest BCUT2D eigenvalue weighted by molar-refractivity contribution is 6.01. The van der Waals surface area contributed by atoms with Gasteiger partial charge in [-0.3, -0.25) is 4.79 Å². The maximum Gasteiger partial charge on any atom is 0.255 e. The lowest BCUT2D eigenvalue weighted by molar-refractivity contribution is 0.0935. The second-order valence-electron chi connectivity index (χ2n) is 4.84. The van der Waals surface area contributed by atoms with Gasteiger partial charge < -0.3 is 15.2 Å². The van der Waals surface area contributed by atoms with Crippen molar-refractivity contribution in [1.29, 1.82) is 5.26 Å². The van der Waals surface area contributed by atoms with Crippen LogP contribution in [0.15, 0.2) is 30.3 Å². The van der Waals surface area contributed by atoms with Gasteiger partial charge in [0.2, 0.25) is 0 Å². The molecule has 1 amide bonds. The Morgan fingerprint density at radius 1 is 1.30 bits per heavy atom. The smallest absolute Gasteiger partial charge is 0.255 e. The molecule has 5 heteroatoms. The molecule has 0 aliphatic carbocycles. The van der Waals surface area contributed by atoms with E-state index in [4.69, 9.17) is 5.26 Å². The highest BCUT2D eigenvalue weighted by atomic mass is 16.2. The number of hydrogen-bond donors (Lipinski definition) is 2. The number of nitrogens with one attached hydrogen (secondary N) is 2. The Morgan fingerprint density at radius 3 is 2.75 bits per heavy atom. The quantitative estimate of drug-likeness (QED) is 0.830. The monoisotopic (exact) mass is 266 g/mol. The molecule has 3 rings (SSSR count). The third-order valence-corrected chi connectivity index (χ3v) is 3.75. The van der Waals surface area contributed by atoms with Gasteiger partial charge >= 0.3 is 0 Å². The van der Waals surface area contributed by atoms with Crippen molar-refractivity contribution in [2.45, 2.75) is 13.1 Å². The predicted molar refractivity (Wildman–Crippen MR) is 75.1 cm³/mol. The molecule has 0 spiro atoms. The van der Waals surface area contributed by atoms with Crippen molar-refractivity contribution in [3.05, 3.63) is 52.8 Å². The van der Waals surface area contributed by atoms with Crippen LogP contribution in [0, 0.1) is 18.3 Å². The van der Waals surface area contributed by atoms with Crippen LogP contribution in [0.4, 0.5) is 5.69 Å². The van der Waals surface area contributed by atoms with Crippen molar-refractivity contribution in [2.24, 2.45) is 7.05 Å². The molecule has 0 bridgehead atoms. The number of anilines is 1. The van der Waals surface area contributed by atoms with Crippen LogP contribution in [0.25, 0.3) is 0 Å². The number of nitrogens with zero attached hydrogens (tertiary/aromatic N) is 2. The number of fused-ring (bicyclic) bond motifs is 1. The molecule has 2 heterocycles. The molecule has 1 aromatic heterocycles. The number of hydrogen-bond acceptors (Lipinski definition) is 3. The largest absolute Gasteiger partial charge is 0.361 e. The van der Waals surface area contributed by atoms with E-state index in [1.165, 1.54) is 0 Å². The van der Waals surface area contributed by atoms with E-state index in [0.29, 0.717) is 11.3 Å². The fourth-order valence-corrected chi connectivity index (χ4v) is 2.49. The van der Waals surface area contributed by atoms with Crippen LogP contribution in [0.1, 0.15) is 33.5 Å². The van der Waals surface area contributed by atoms with Gasteiger partial charge in [-0.05, 0) is 25.1 Å². The summed E-state index contributed by atoms with van der Waals surface area (Å²) in [5.41, 5.74) is 3.89. The highest BCUT2D eigenvalue weighted by Gasteiger charge is 2.26. The summed E-state index contributed by atoms with van der Waals surface area (Å²) >= 11 is 0. The lowest BCUT2D eigenvalue weighted by atomic mass is 10.1. The Labute approximate surface area is 116 Å². The van der Waals surface area contributed by atoms with Crippen molar-refractivity contribution >= 4 is 11.6 Å². The average molecular weight is 266 g/mol. The summed E-state index contributed by atoms with van der Waals surface area (Å²) in [6.45, 7) is 1.94. The number of carbonyl (C=O) groups is 1. The van der Waals surface area contributed by atoms with Crippen LogP contribution in [0.3, 0.4) is 0 Å². The third kappa shape index (κ3) is 1.74. The molecule has 0 saturated heterocycles. The molecule has 0 radical (unpaired) electrons. The van der Waals surface area contributed by atoms with Gasteiger partial charge in [-0.25, -0.2) is 0 Å². The van der Waals surface area contributed by atoms with Gasteiger partial charge in [0.15, 0.2) is 0 Å². The number of rotatable bonds is 1. The van der Waals surface area contributed by atoms with E-state index in [2.05, 4.69) is 16.7 Å². The van der Waals surface area contributed by atoms with Gasteiger partial charge in [0.1, 0.15) is 17.9 Å². The molecule has 100 valence electrons. The lowest BCUT2D eigenvalue weighted by Gasteiger charge is -2.28. The first kappa shape index (κ1) is 12.3. The summed E-state index contributed by atoms with van der Waals surface area (Å²) in [7, 11) is 1.84. The minimum atomic E-state index is -0.314. The van der Waals surface area contributed by atoms with Crippen LogP contribution in [0.5, 0.6) is 0 Å². The molecule has 0 saturated carbocycles. The van der Waals surface area contributed by atoms with E-state index in [-0.39, 0.29) is 12.1 Å². The van der Waals surface area contributed by atoms with E-state index in [1.807, 2.05) is 36.7 Å². The van der Waals surface area contributed by atoms with Crippen molar-refractivity contribution in [3.8, 4) is 6.07 Å². The summed E-state index contributed by atoms with van der Waals surface area (Å²) in [4.78, 5) is 12.1. The first-order chi connectivity index (χ1) is 9.61. The summed E-state index contributed by atoms with van der Waals surface area (Å²) in [5.74, 6) is -0.105. The first-order valence-electron chi connectivity index (χ1n) is 6.34. The van der Waals surface area contributed by atoms with Gasteiger partial charge in [0, 0.05) is 24.0 Å². The molecule has 1 aromatic carbocycles. The van der Waals surface area contributed by atoms with Gasteiger partial charge in [-0.2, -0.15) is 5.26 Å². The number of aromatic nitrogens is 1. The molecule has 1 aliphatic rings. The van der Waals surface area contributed by atoms with Crippen molar-refractivity contribution < 1.29 is 4.79 Å². The van der Waals surface area contributed by atoms with E-state index in [1.54, 1.807) is 12.1 Å². The Hall–Kier alpha value is -2.74. The predicted octanol–water partition coefficient (Wildman–Crippen LogP) is 2.06. The van der Waals surface area contributed by atoms with Crippen LogP contribution in [0.2, 0.25) is 0 Å². The molecule has 1 unspecified atom stereocenters. The van der Waals surface area contributed by atoms with Gasteiger partial charge in [-0.15, -0.1) is 0 Å². The molecule has 5 nitrogen and oxygen atoms in total. The van der Waals surface area contributed by atoms with E-state index >= 15 is 0 Å². The number of benzene rings is 1. The number of para-hydroxylation sites is 1. The Kier molecular flexibility index (Phi) is 2.72. The number of nitriles is 1. The number of amides is 1. The van der Waals surface area contributed by atoms with Gasteiger partial charge in [0.25, 0.3) is 5.91 Å². The molecule has 1 aliphatic heterocycles. The molecule has 0 fully saturated rings. The number of carbonyl (C=O) groups excluding carboxylic acids is 1. The van der Waals surface area contributed by atoms with Crippen molar-refractivity contribution in [1.82, 2.24) is 9.88 Å². The molecule has 2 aromatic rings. The van der Waals surface area contributed by atoms with Crippen LogP contribution in [-0.4, -0.2) is 10.5 Å². The summed E-state index contributed by atoms with van der Waals surface area (Å²) in [6.07, 6.45) is -0.314. The Bertz CT molecular complexity index is 739. The molecular weight excluding hydrogens is 252 g/mol. The maximum atomic E-state index is 12.1. The van der Waals surface area contributed by atoms with E-state index < -0.39 is 0 Å². The van der Waals surface area contributed by atoms with Crippen molar-refractivity contribution in [2.75, 3.05) is 5.32 Å². The Balaban J connectivity index is 2.03. The fraction of sp³-hybridized carbons (Fsp3) is 0.200. The van der Waals surface area contributed by atoms with E-state index in [9.17, 15) is 4.79 Å². The Morgan fingerprint density at radius 2 is 2.05 bits per heavy atom. The summed E-state index contributed by atoms with van der Waals surface area (Å²) in [5, 5.41) is 15.3. The zero-order valence-electron chi connectivity index (χ0n) is 11.3. The third-order valence-electron chi connectivity index (χ3n) is 3.75. The second-order valence-corrected chi connectivity index (χ2v) is 4.84. The second kappa shape index (κ2) is 4.42. The molecule has 20 heavy (non-hydrogen) atoms. The van der Waals surface area contributed by atoms with Crippen LogP contribution >= 0.6 is 0 Å². The van der Waals surface area contributed by atoms with E-state index in [0.717, 1.165) is 16.9 Å². The average Bonchev–Trinajstić information content (AvgIpc) is 2.75. The normalized spacial score (nSPS) is 16.9. The van der Waals surface area contributed by atoms with Gasteiger partial charge in [0.05, 0.1) is 5.56 Å².